The molecule has 0 aliphatic carbocycles. The summed E-state index contributed by atoms with van der Waals surface area (Å²) in [5.74, 6) is -0.524. The van der Waals surface area contributed by atoms with Gasteiger partial charge in [-0.25, -0.2) is 0 Å². The lowest BCUT2D eigenvalue weighted by atomic mass is 10.4. The lowest BCUT2D eigenvalue weighted by Gasteiger charge is -2.03. The largest absolute Gasteiger partial charge is 0.503 e. The van der Waals surface area contributed by atoms with Crippen LogP contribution in [0, 0.1) is 0 Å². The highest BCUT2D eigenvalue weighted by atomic mass is 16.3. The van der Waals surface area contributed by atoms with Crippen molar-refractivity contribution in [3.8, 4) is 0 Å². The first-order valence-electron chi connectivity index (χ1n) is 3.62. The summed E-state index contributed by atoms with van der Waals surface area (Å²) >= 11 is 0. The molecule has 3 nitrogen and oxygen atoms in total. The summed E-state index contributed by atoms with van der Waals surface area (Å²) in [5, 5.41) is 8.77. The van der Waals surface area contributed by atoms with E-state index in [1.165, 1.54) is 13.1 Å². The second kappa shape index (κ2) is 7.12. The molecule has 0 spiro atoms. The zero-order valence-corrected chi connectivity index (χ0v) is 7.88. The molecule has 3 heteroatoms. The molecule has 0 bridgehead atoms. The maximum atomic E-state index is 10.3. The fraction of sp³-hybridized carbons (Fsp3) is 0.625. The molecule has 0 amide bonds. The van der Waals surface area contributed by atoms with Gasteiger partial charge in [-0.3, -0.25) is 4.79 Å². The molecule has 66 valence electrons. The van der Waals surface area contributed by atoms with Crippen molar-refractivity contribution >= 4 is 5.78 Å². The minimum Gasteiger partial charge on any atom is -0.503 e. The Hall–Kier alpha value is -0.990. The predicted molar refractivity (Wildman–Crippen MR) is 46.4 cm³/mol. The van der Waals surface area contributed by atoms with E-state index in [1.54, 1.807) is 19.0 Å². The van der Waals surface area contributed by atoms with Gasteiger partial charge in [0.1, 0.15) is 0 Å². The second-order valence-electron chi connectivity index (χ2n) is 2.03. The molecular weight excluding hydrogens is 142 g/mol. The van der Waals surface area contributed by atoms with E-state index >= 15 is 0 Å². The number of carbonyl (C=O) groups is 1. The Morgan fingerprint density at radius 3 is 1.82 bits per heavy atom. The number of rotatable bonds is 2. The molecule has 0 heterocycles. The number of hydrogen-bond donors (Lipinski definition) is 1. The number of nitrogens with zero attached hydrogens (tertiary/aromatic N) is 1. The van der Waals surface area contributed by atoms with Crippen LogP contribution in [0.15, 0.2) is 12.0 Å². The van der Waals surface area contributed by atoms with Crippen molar-refractivity contribution < 1.29 is 9.90 Å². The maximum Gasteiger partial charge on any atom is 0.195 e. The van der Waals surface area contributed by atoms with Crippen molar-refractivity contribution in [2.24, 2.45) is 0 Å². The van der Waals surface area contributed by atoms with Gasteiger partial charge >= 0.3 is 0 Å². The Morgan fingerprint density at radius 1 is 1.36 bits per heavy atom. The highest BCUT2D eigenvalue weighted by Gasteiger charge is 1.97. The minimum atomic E-state index is -0.316. The standard InChI is InChI=1S/C6H11NO2.C2H6/c1-5(8)6(9)4-7(2)3;1-2/h4,9H,1-3H3;1-2H3/b6-4+;. The zero-order chi connectivity index (χ0) is 9.44. The summed E-state index contributed by atoms with van der Waals surface area (Å²) in [6.07, 6.45) is 1.36. The molecular formula is C8H17NO2. The fourth-order valence-electron chi connectivity index (χ4n) is 0.335. The molecule has 0 aromatic rings. The van der Waals surface area contributed by atoms with Gasteiger partial charge in [0, 0.05) is 27.2 Å². The molecule has 0 fully saturated rings. The average Bonchev–Trinajstić information content (AvgIpc) is 1.90. The molecule has 1 N–H and O–H groups in total. The van der Waals surface area contributed by atoms with Crippen LogP contribution < -0.4 is 0 Å². The normalized spacial score (nSPS) is 9.73. The van der Waals surface area contributed by atoms with Gasteiger partial charge in [0.25, 0.3) is 0 Å². The number of ketones is 1. The van der Waals surface area contributed by atoms with Crippen LogP contribution in [0.3, 0.4) is 0 Å². The first-order chi connectivity index (χ1) is 5.04. The van der Waals surface area contributed by atoms with Crippen molar-refractivity contribution in [2.75, 3.05) is 14.1 Å². The first-order valence-corrected chi connectivity index (χ1v) is 3.62. The van der Waals surface area contributed by atoms with E-state index in [1.807, 2.05) is 13.8 Å². The van der Waals surface area contributed by atoms with E-state index in [4.69, 9.17) is 5.11 Å². The van der Waals surface area contributed by atoms with Gasteiger partial charge in [0.15, 0.2) is 11.5 Å². The van der Waals surface area contributed by atoms with Crippen LogP contribution in [0.4, 0.5) is 0 Å². The third-order valence-electron chi connectivity index (χ3n) is 0.741. The molecule has 0 atom stereocenters. The number of aliphatic hydroxyl groups is 1. The molecule has 0 aliphatic heterocycles. The minimum absolute atomic E-state index is 0.208. The summed E-state index contributed by atoms with van der Waals surface area (Å²) in [4.78, 5) is 11.9. The van der Waals surface area contributed by atoms with Crippen molar-refractivity contribution in [3.63, 3.8) is 0 Å². The molecule has 0 radical (unpaired) electrons. The van der Waals surface area contributed by atoms with Gasteiger partial charge < -0.3 is 10.0 Å². The summed E-state index contributed by atoms with van der Waals surface area (Å²) in [6, 6.07) is 0. The average molecular weight is 159 g/mol. The van der Waals surface area contributed by atoms with E-state index in [2.05, 4.69) is 0 Å². The predicted octanol–water partition coefficient (Wildman–Crippen LogP) is 1.56. The van der Waals surface area contributed by atoms with Crippen molar-refractivity contribution in [1.29, 1.82) is 0 Å². The smallest absolute Gasteiger partial charge is 0.195 e. The highest BCUT2D eigenvalue weighted by Crippen LogP contribution is 1.89. The van der Waals surface area contributed by atoms with E-state index in [-0.39, 0.29) is 11.5 Å². The number of aliphatic hydroxyl groups excluding tert-OH is 1. The van der Waals surface area contributed by atoms with Crippen molar-refractivity contribution in [1.82, 2.24) is 4.90 Å². The summed E-state index contributed by atoms with van der Waals surface area (Å²) < 4.78 is 0. The van der Waals surface area contributed by atoms with E-state index < -0.39 is 0 Å². The summed E-state index contributed by atoms with van der Waals surface area (Å²) in [6.45, 7) is 5.31. The van der Waals surface area contributed by atoms with Gasteiger partial charge in [-0.1, -0.05) is 13.8 Å². The Morgan fingerprint density at radius 2 is 1.73 bits per heavy atom. The van der Waals surface area contributed by atoms with E-state index in [0.29, 0.717) is 0 Å². The number of hydrogen-bond acceptors (Lipinski definition) is 3. The van der Waals surface area contributed by atoms with E-state index in [9.17, 15) is 4.79 Å². The van der Waals surface area contributed by atoms with Crippen LogP contribution in [-0.4, -0.2) is 29.9 Å². The van der Waals surface area contributed by atoms with Crippen molar-refractivity contribution in [3.05, 3.63) is 12.0 Å². The lowest BCUT2D eigenvalue weighted by molar-refractivity contribution is -0.116. The molecule has 11 heavy (non-hydrogen) atoms. The Kier molecular flexibility index (Phi) is 8.20. The Bertz CT molecular complexity index is 139. The molecule has 0 rings (SSSR count). The molecule has 0 unspecified atom stereocenters. The van der Waals surface area contributed by atoms with Crippen molar-refractivity contribution in [2.45, 2.75) is 20.8 Å². The Labute approximate surface area is 68.3 Å². The third-order valence-corrected chi connectivity index (χ3v) is 0.741. The van der Waals surface area contributed by atoms with Crippen LogP contribution in [0.5, 0.6) is 0 Å². The monoisotopic (exact) mass is 159 g/mol. The first kappa shape index (κ1) is 12.7. The molecule has 0 saturated heterocycles. The number of carbonyl (C=O) groups excluding carboxylic acids is 1. The second-order valence-corrected chi connectivity index (χ2v) is 2.03. The van der Waals surface area contributed by atoms with Crippen LogP contribution >= 0.6 is 0 Å². The Balaban J connectivity index is 0. The SMILES string of the molecule is CC.CC(=O)/C(O)=C\N(C)C. The van der Waals surface area contributed by atoms with Gasteiger partial charge in [0.05, 0.1) is 0 Å². The summed E-state index contributed by atoms with van der Waals surface area (Å²) in [7, 11) is 3.47. The van der Waals surface area contributed by atoms with Crippen LogP contribution in [0.1, 0.15) is 20.8 Å². The topological polar surface area (TPSA) is 40.5 Å². The lowest BCUT2D eigenvalue weighted by Crippen LogP contribution is -2.06. The third kappa shape index (κ3) is 9.01. The fourth-order valence-corrected chi connectivity index (χ4v) is 0.335. The number of allylic oxidation sites excluding steroid dienone is 1. The number of Topliss-reactive ketones (excluding diaryl/α,β-unsaturated/α-hetero) is 1. The van der Waals surface area contributed by atoms with Crippen LogP contribution in [0.2, 0.25) is 0 Å². The van der Waals surface area contributed by atoms with Gasteiger partial charge in [0.2, 0.25) is 0 Å². The molecule has 0 aromatic heterocycles. The van der Waals surface area contributed by atoms with Crippen LogP contribution in [-0.2, 0) is 4.79 Å². The molecule has 0 aliphatic rings. The van der Waals surface area contributed by atoms with Gasteiger partial charge in [-0.2, -0.15) is 0 Å². The van der Waals surface area contributed by atoms with Gasteiger partial charge in [-0.05, 0) is 0 Å². The zero-order valence-electron chi connectivity index (χ0n) is 7.88. The van der Waals surface area contributed by atoms with Gasteiger partial charge in [-0.15, -0.1) is 0 Å². The maximum absolute atomic E-state index is 10.3. The molecule has 0 saturated carbocycles. The van der Waals surface area contributed by atoms with E-state index in [0.717, 1.165) is 0 Å². The highest BCUT2D eigenvalue weighted by molar-refractivity contribution is 5.90. The summed E-state index contributed by atoms with van der Waals surface area (Å²) in [5.41, 5.74) is 0. The quantitative estimate of drug-likeness (QED) is 0.491. The van der Waals surface area contributed by atoms with Crippen LogP contribution in [0.25, 0.3) is 0 Å². The molecule has 0 aromatic carbocycles.